The van der Waals surface area contributed by atoms with E-state index in [2.05, 4.69) is 16.7 Å². The summed E-state index contributed by atoms with van der Waals surface area (Å²) in [6.07, 6.45) is 8.46. The summed E-state index contributed by atoms with van der Waals surface area (Å²) < 4.78 is 0. The number of carbonyl (C=O) groups excluding carboxylic acids is 1. The van der Waals surface area contributed by atoms with E-state index in [0.29, 0.717) is 11.8 Å². The van der Waals surface area contributed by atoms with Crippen molar-refractivity contribution in [1.82, 2.24) is 9.80 Å². The van der Waals surface area contributed by atoms with Crippen LogP contribution in [0.3, 0.4) is 0 Å². The molecule has 2 aliphatic rings. The van der Waals surface area contributed by atoms with Gasteiger partial charge in [0.25, 0.3) is 0 Å². The Morgan fingerprint density at radius 3 is 2.33 bits per heavy atom. The van der Waals surface area contributed by atoms with Gasteiger partial charge in [-0.25, -0.2) is 0 Å². The number of carbonyl (C=O) groups is 1. The monoisotopic (exact) mass is 252 g/mol. The van der Waals surface area contributed by atoms with E-state index >= 15 is 0 Å². The zero-order valence-electron chi connectivity index (χ0n) is 11.9. The van der Waals surface area contributed by atoms with Crippen LogP contribution < -0.4 is 0 Å². The van der Waals surface area contributed by atoms with Crippen LogP contribution in [0.2, 0.25) is 0 Å². The maximum absolute atomic E-state index is 12.4. The second-order valence-electron chi connectivity index (χ2n) is 5.86. The lowest BCUT2D eigenvalue weighted by Gasteiger charge is -2.35. The lowest BCUT2D eigenvalue weighted by molar-refractivity contribution is -0.138. The summed E-state index contributed by atoms with van der Waals surface area (Å²) in [7, 11) is 0. The van der Waals surface area contributed by atoms with E-state index in [1.54, 1.807) is 0 Å². The highest BCUT2D eigenvalue weighted by Gasteiger charge is 2.28. The first-order chi connectivity index (χ1) is 8.81. The second-order valence-corrected chi connectivity index (χ2v) is 5.86. The van der Waals surface area contributed by atoms with Gasteiger partial charge in [0.2, 0.25) is 5.91 Å². The zero-order valence-corrected chi connectivity index (χ0v) is 11.9. The van der Waals surface area contributed by atoms with Crippen LogP contribution in [0.15, 0.2) is 0 Å². The van der Waals surface area contributed by atoms with Gasteiger partial charge < -0.3 is 9.80 Å². The van der Waals surface area contributed by atoms with Gasteiger partial charge in [0, 0.05) is 19.0 Å². The Labute approximate surface area is 112 Å². The molecule has 2 aliphatic heterocycles. The molecule has 1 amide bonds. The average Bonchev–Trinajstić information content (AvgIpc) is 2.46. The number of unbranched alkanes of at least 4 members (excludes halogenated alkanes) is 1. The molecule has 0 N–H and O–H groups in total. The fourth-order valence-corrected chi connectivity index (χ4v) is 3.16. The molecule has 0 atom stereocenters. The standard InChI is InChI=1S/C15H28N2O/c1-2-3-9-16-12-7-14(8-13-16)15(18)17-10-5-4-6-11-17/h14H,2-13H2,1H3. The van der Waals surface area contributed by atoms with Gasteiger partial charge in [-0.3, -0.25) is 4.79 Å². The molecule has 0 aliphatic carbocycles. The molecule has 2 saturated heterocycles. The van der Waals surface area contributed by atoms with Crippen molar-refractivity contribution in [2.24, 2.45) is 5.92 Å². The minimum atomic E-state index is 0.320. The lowest BCUT2D eigenvalue weighted by atomic mass is 9.94. The first-order valence-corrected chi connectivity index (χ1v) is 7.82. The van der Waals surface area contributed by atoms with Gasteiger partial charge in [0.05, 0.1) is 0 Å². The van der Waals surface area contributed by atoms with Crippen LogP contribution in [0, 0.1) is 5.92 Å². The maximum Gasteiger partial charge on any atom is 0.225 e. The van der Waals surface area contributed by atoms with Crippen LogP contribution in [0.25, 0.3) is 0 Å². The molecule has 0 radical (unpaired) electrons. The second kappa shape index (κ2) is 7.13. The number of amides is 1. The molecule has 0 saturated carbocycles. The molecule has 104 valence electrons. The first kappa shape index (κ1) is 13.9. The molecule has 2 rings (SSSR count). The van der Waals surface area contributed by atoms with Gasteiger partial charge in [-0.2, -0.15) is 0 Å². The number of piperidine rings is 2. The van der Waals surface area contributed by atoms with Crippen molar-refractivity contribution < 1.29 is 4.79 Å². The fourth-order valence-electron chi connectivity index (χ4n) is 3.16. The highest BCUT2D eigenvalue weighted by molar-refractivity contribution is 5.79. The summed E-state index contributed by atoms with van der Waals surface area (Å²) in [6.45, 7) is 7.74. The maximum atomic E-state index is 12.4. The summed E-state index contributed by atoms with van der Waals surface area (Å²) in [5.41, 5.74) is 0. The Kier molecular flexibility index (Phi) is 5.48. The summed E-state index contributed by atoms with van der Waals surface area (Å²) in [4.78, 5) is 17.0. The lowest BCUT2D eigenvalue weighted by Crippen LogP contribution is -2.44. The molecule has 0 aromatic carbocycles. The Balaban J connectivity index is 1.73. The highest BCUT2D eigenvalue weighted by Crippen LogP contribution is 2.22. The van der Waals surface area contributed by atoms with Gasteiger partial charge in [-0.15, -0.1) is 0 Å². The van der Waals surface area contributed by atoms with E-state index in [4.69, 9.17) is 0 Å². The topological polar surface area (TPSA) is 23.6 Å². The van der Waals surface area contributed by atoms with Gasteiger partial charge in [-0.05, 0) is 58.2 Å². The smallest absolute Gasteiger partial charge is 0.225 e. The average molecular weight is 252 g/mol. The van der Waals surface area contributed by atoms with Crippen molar-refractivity contribution >= 4 is 5.91 Å². The minimum Gasteiger partial charge on any atom is -0.342 e. The molecule has 2 fully saturated rings. The number of rotatable bonds is 4. The van der Waals surface area contributed by atoms with Gasteiger partial charge in [-0.1, -0.05) is 13.3 Å². The Hall–Kier alpha value is -0.570. The van der Waals surface area contributed by atoms with E-state index in [1.165, 1.54) is 38.6 Å². The number of hydrogen-bond acceptors (Lipinski definition) is 2. The molecule has 0 aromatic heterocycles. The molecular weight excluding hydrogens is 224 g/mol. The molecule has 3 heteroatoms. The van der Waals surface area contributed by atoms with Crippen molar-refractivity contribution in [3.8, 4) is 0 Å². The Morgan fingerprint density at radius 2 is 1.72 bits per heavy atom. The predicted molar refractivity (Wildman–Crippen MR) is 74.5 cm³/mol. The summed E-state index contributed by atoms with van der Waals surface area (Å²) in [5, 5.41) is 0. The molecule has 0 unspecified atom stereocenters. The summed E-state index contributed by atoms with van der Waals surface area (Å²) in [6, 6.07) is 0. The molecular formula is C15H28N2O. The molecule has 0 aromatic rings. The summed E-state index contributed by atoms with van der Waals surface area (Å²) in [5.74, 6) is 0.769. The molecule has 0 bridgehead atoms. The fraction of sp³-hybridized carbons (Fsp3) is 0.933. The van der Waals surface area contributed by atoms with Gasteiger partial charge in [0.15, 0.2) is 0 Å². The number of nitrogens with zero attached hydrogens (tertiary/aromatic N) is 2. The minimum absolute atomic E-state index is 0.320. The van der Waals surface area contributed by atoms with Crippen molar-refractivity contribution in [1.29, 1.82) is 0 Å². The molecule has 2 heterocycles. The van der Waals surface area contributed by atoms with Crippen molar-refractivity contribution in [2.45, 2.75) is 51.9 Å². The van der Waals surface area contributed by atoms with Crippen LogP contribution in [0.4, 0.5) is 0 Å². The van der Waals surface area contributed by atoms with Crippen molar-refractivity contribution in [2.75, 3.05) is 32.7 Å². The van der Waals surface area contributed by atoms with Gasteiger partial charge in [0.1, 0.15) is 0 Å². The highest BCUT2D eigenvalue weighted by atomic mass is 16.2. The number of likely N-dealkylation sites (tertiary alicyclic amines) is 2. The van der Waals surface area contributed by atoms with Crippen LogP contribution in [-0.2, 0) is 4.79 Å². The van der Waals surface area contributed by atoms with Crippen molar-refractivity contribution in [3.63, 3.8) is 0 Å². The Morgan fingerprint density at radius 1 is 1.06 bits per heavy atom. The summed E-state index contributed by atoms with van der Waals surface area (Å²) >= 11 is 0. The van der Waals surface area contributed by atoms with E-state index < -0.39 is 0 Å². The Bertz CT molecular complexity index is 253. The third-order valence-corrected chi connectivity index (χ3v) is 4.43. The largest absolute Gasteiger partial charge is 0.342 e. The van der Waals surface area contributed by atoms with E-state index in [0.717, 1.165) is 39.0 Å². The third-order valence-electron chi connectivity index (χ3n) is 4.43. The van der Waals surface area contributed by atoms with Crippen LogP contribution in [-0.4, -0.2) is 48.4 Å². The molecule has 18 heavy (non-hydrogen) atoms. The predicted octanol–water partition coefficient (Wildman–Crippen LogP) is 2.51. The SMILES string of the molecule is CCCCN1CCC(C(=O)N2CCCCC2)CC1. The quantitative estimate of drug-likeness (QED) is 0.767. The molecule has 3 nitrogen and oxygen atoms in total. The van der Waals surface area contributed by atoms with E-state index in [-0.39, 0.29) is 0 Å². The van der Waals surface area contributed by atoms with Gasteiger partial charge >= 0.3 is 0 Å². The van der Waals surface area contributed by atoms with Crippen LogP contribution in [0.5, 0.6) is 0 Å². The van der Waals surface area contributed by atoms with E-state index in [9.17, 15) is 4.79 Å². The van der Waals surface area contributed by atoms with Crippen LogP contribution in [0.1, 0.15) is 51.9 Å². The zero-order chi connectivity index (χ0) is 12.8. The third kappa shape index (κ3) is 3.71. The normalized spacial score (nSPS) is 23.3. The van der Waals surface area contributed by atoms with Crippen LogP contribution >= 0.6 is 0 Å². The molecule has 0 spiro atoms. The first-order valence-electron chi connectivity index (χ1n) is 7.82. The number of hydrogen-bond donors (Lipinski definition) is 0. The van der Waals surface area contributed by atoms with E-state index in [1.807, 2.05) is 0 Å². The van der Waals surface area contributed by atoms with Crippen molar-refractivity contribution in [3.05, 3.63) is 0 Å².